The highest BCUT2D eigenvalue weighted by molar-refractivity contribution is 5.83. The molecule has 0 aliphatic rings. The SMILES string of the molecule is CCC(C)c1ccc(OC(OCCc2ccccc2)c2ccc3ccccc3c2)cc1. The van der Waals surface area contributed by atoms with Gasteiger partial charge in [0.15, 0.2) is 0 Å². The Labute approximate surface area is 185 Å². The van der Waals surface area contributed by atoms with Crippen molar-refractivity contribution in [2.45, 2.75) is 38.9 Å². The molecule has 0 saturated carbocycles. The topological polar surface area (TPSA) is 18.5 Å². The summed E-state index contributed by atoms with van der Waals surface area (Å²) in [6, 6.07) is 33.6. The Hall–Kier alpha value is -3.10. The van der Waals surface area contributed by atoms with Gasteiger partial charge in [-0.1, -0.05) is 92.7 Å². The van der Waals surface area contributed by atoms with Crippen molar-refractivity contribution in [1.29, 1.82) is 0 Å². The van der Waals surface area contributed by atoms with Crippen molar-refractivity contribution in [2.24, 2.45) is 0 Å². The quantitative estimate of drug-likeness (QED) is 0.263. The lowest BCUT2D eigenvalue weighted by Gasteiger charge is -2.21. The smallest absolute Gasteiger partial charge is 0.226 e. The summed E-state index contributed by atoms with van der Waals surface area (Å²) in [5, 5.41) is 2.40. The summed E-state index contributed by atoms with van der Waals surface area (Å²) >= 11 is 0. The molecule has 0 bridgehead atoms. The van der Waals surface area contributed by atoms with Gasteiger partial charge in [-0.05, 0) is 58.9 Å². The van der Waals surface area contributed by atoms with Crippen LogP contribution in [-0.2, 0) is 11.2 Å². The first-order valence-electron chi connectivity index (χ1n) is 11.1. The molecular formula is C29H30O2. The van der Waals surface area contributed by atoms with E-state index in [1.54, 1.807) is 0 Å². The van der Waals surface area contributed by atoms with Gasteiger partial charge in [0.05, 0.1) is 6.61 Å². The summed E-state index contributed by atoms with van der Waals surface area (Å²) in [5.74, 6) is 1.37. The fraction of sp³-hybridized carbons (Fsp3) is 0.241. The van der Waals surface area contributed by atoms with Crippen molar-refractivity contribution in [2.75, 3.05) is 6.61 Å². The van der Waals surface area contributed by atoms with Crippen molar-refractivity contribution in [3.05, 3.63) is 114 Å². The average molecular weight is 411 g/mol. The highest BCUT2D eigenvalue weighted by Crippen LogP contribution is 2.28. The Kier molecular flexibility index (Phi) is 7.01. The maximum absolute atomic E-state index is 6.33. The third-order valence-corrected chi connectivity index (χ3v) is 5.85. The Balaban J connectivity index is 1.53. The normalized spacial score (nSPS) is 13.1. The van der Waals surface area contributed by atoms with E-state index in [9.17, 15) is 0 Å². The number of rotatable bonds is 9. The van der Waals surface area contributed by atoms with Gasteiger partial charge in [0.1, 0.15) is 5.75 Å². The van der Waals surface area contributed by atoms with Gasteiger partial charge >= 0.3 is 0 Å². The first kappa shape index (κ1) is 21.1. The molecule has 0 aliphatic carbocycles. The van der Waals surface area contributed by atoms with Gasteiger partial charge in [0, 0.05) is 5.56 Å². The van der Waals surface area contributed by atoms with Crippen molar-refractivity contribution in [1.82, 2.24) is 0 Å². The summed E-state index contributed by atoms with van der Waals surface area (Å²) < 4.78 is 12.6. The summed E-state index contributed by atoms with van der Waals surface area (Å²) in [6.45, 7) is 5.05. The van der Waals surface area contributed by atoms with Crippen molar-refractivity contribution in [3.63, 3.8) is 0 Å². The largest absolute Gasteiger partial charge is 0.461 e. The molecule has 4 aromatic carbocycles. The van der Waals surface area contributed by atoms with E-state index in [-0.39, 0.29) is 0 Å². The minimum Gasteiger partial charge on any atom is -0.461 e. The molecule has 0 aliphatic heterocycles. The highest BCUT2D eigenvalue weighted by Gasteiger charge is 2.15. The van der Waals surface area contributed by atoms with Crippen LogP contribution in [0.3, 0.4) is 0 Å². The van der Waals surface area contributed by atoms with Crippen molar-refractivity contribution < 1.29 is 9.47 Å². The summed E-state index contributed by atoms with van der Waals surface area (Å²) in [6.07, 6.45) is 1.52. The minimum absolute atomic E-state index is 0.456. The van der Waals surface area contributed by atoms with Gasteiger partial charge in [-0.25, -0.2) is 0 Å². The third-order valence-electron chi connectivity index (χ3n) is 5.85. The minimum atomic E-state index is -0.456. The van der Waals surface area contributed by atoms with Gasteiger partial charge in [0.2, 0.25) is 6.29 Å². The average Bonchev–Trinajstić information content (AvgIpc) is 2.83. The first-order valence-corrected chi connectivity index (χ1v) is 11.1. The lowest BCUT2D eigenvalue weighted by molar-refractivity contribution is -0.0824. The fourth-order valence-electron chi connectivity index (χ4n) is 3.72. The third kappa shape index (κ3) is 5.53. The van der Waals surface area contributed by atoms with E-state index < -0.39 is 6.29 Å². The molecule has 2 unspecified atom stereocenters. The molecule has 2 nitrogen and oxygen atoms in total. The standard InChI is InChI=1S/C29H30O2/c1-3-22(2)24-15-17-28(18-16-24)31-29(30-20-19-23-9-5-4-6-10-23)27-14-13-25-11-7-8-12-26(25)21-27/h4-18,21-22,29H,3,19-20H2,1-2H3. The van der Waals surface area contributed by atoms with Gasteiger partial charge in [-0.2, -0.15) is 0 Å². The van der Waals surface area contributed by atoms with Crippen LogP contribution in [0.4, 0.5) is 0 Å². The predicted molar refractivity (Wildman–Crippen MR) is 129 cm³/mol. The van der Waals surface area contributed by atoms with Gasteiger partial charge in [-0.15, -0.1) is 0 Å². The number of benzene rings is 4. The molecule has 0 saturated heterocycles. The molecular weight excluding hydrogens is 380 g/mol. The second-order valence-corrected chi connectivity index (χ2v) is 8.04. The molecule has 0 heterocycles. The summed E-state index contributed by atoms with van der Waals surface area (Å²) in [7, 11) is 0. The summed E-state index contributed by atoms with van der Waals surface area (Å²) in [4.78, 5) is 0. The number of hydrogen-bond acceptors (Lipinski definition) is 2. The van der Waals surface area contributed by atoms with E-state index >= 15 is 0 Å². The molecule has 0 spiro atoms. The molecule has 0 amide bonds. The lowest BCUT2D eigenvalue weighted by Crippen LogP contribution is -2.14. The van der Waals surface area contributed by atoms with E-state index in [0.717, 1.165) is 24.2 Å². The Morgan fingerprint density at radius 1 is 0.710 bits per heavy atom. The zero-order valence-corrected chi connectivity index (χ0v) is 18.3. The van der Waals surface area contributed by atoms with Crippen molar-refractivity contribution >= 4 is 10.8 Å². The second-order valence-electron chi connectivity index (χ2n) is 8.04. The first-order chi connectivity index (χ1) is 15.2. The molecule has 158 valence electrons. The second kappa shape index (κ2) is 10.3. The van der Waals surface area contributed by atoms with E-state index in [1.807, 2.05) is 6.07 Å². The Bertz CT molecular complexity index is 1090. The molecule has 0 radical (unpaired) electrons. The van der Waals surface area contributed by atoms with Crippen molar-refractivity contribution in [3.8, 4) is 5.75 Å². The van der Waals surface area contributed by atoms with Crippen LogP contribution in [-0.4, -0.2) is 6.61 Å². The number of hydrogen-bond donors (Lipinski definition) is 0. The van der Waals surface area contributed by atoms with E-state index in [2.05, 4.69) is 105 Å². The van der Waals surface area contributed by atoms with Gasteiger partial charge in [0.25, 0.3) is 0 Å². The lowest BCUT2D eigenvalue weighted by atomic mass is 9.99. The van der Waals surface area contributed by atoms with Crippen LogP contribution in [0.1, 0.15) is 49.2 Å². The fourth-order valence-corrected chi connectivity index (χ4v) is 3.72. The van der Waals surface area contributed by atoms with E-state index in [1.165, 1.54) is 21.9 Å². The highest BCUT2D eigenvalue weighted by atomic mass is 16.7. The van der Waals surface area contributed by atoms with Crippen LogP contribution in [0.15, 0.2) is 97.1 Å². The molecule has 0 aromatic heterocycles. The predicted octanol–water partition coefficient (Wildman–Crippen LogP) is 7.69. The molecule has 31 heavy (non-hydrogen) atoms. The Morgan fingerprint density at radius 2 is 1.39 bits per heavy atom. The molecule has 0 fully saturated rings. The molecule has 4 aromatic rings. The van der Waals surface area contributed by atoms with E-state index in [0.29, 0.717) is 12.5 Å². The van der Waals surface area contributed by atoms with Crippen LogP contribution >= 0.6 is 0 Å². The van der Waals surface area contributed by atoms with Crippen LogP contribution in [0.25, 0.3) is 10.8 Å². The monoisotopic (exact) mass is 410 g/mol. The molecule has 2 heteroatoms. The van der Waals surface area contributed by atoms with Crippen LogP contribution in [0, 0.1) is 0 Å². The zero-order valence-electron chi connectivity index (χ0n) is 18.3. The van der Waals surface area contributed by atoms with Crippen LogP contribution in [0.2, 0.25) is 0 Å². The van der Waals surface area contributed by atoms with E-state index in [4.69, 9.17) is 9.47 Å². The molecule has 4 rings (SSSR count). The Morgan fingerprint density at radius 3 is 2.13 bits per heavy atom. The maximum Gasteiger partial charge on any atom is 0.226 e. The van der Waals surface area contributed by atoms with Gasteiger partial charge < -0.3 is 9.47 Å². The zero-order chi connectivity index (χ0) is 21.5. The number of fused-ring (bicyclic) bond motifs is 1. The molecule has 0 N–H and O–H groups in total. The number of ether oxygens (including phenoxy) is 2. The molecule has 2 atom stereocenters. The maximum atomic E-state index is 6.33. The van der Waals surface area contributed by atoms with Gasteiger partial charge in [-0.3, -0.25) is 0 Å². The summed E-state index contributed by atoms with van der Waals surface area (Å²) in [5.41, 5.74) is 3.62. The van der Waals surface area contributed by atoms with Crippen LogP contribution < -0.4 is 4.74 Å². The van der Waals surface area contributed by atoms with Crippen LogP contribution in [0.5, 0.6) is 5.75 Å².